The van der Waals surface area contributed by atoms with Gasteiger partial charge in [0.15, 0.2) is 11.3 Å². The van der Waals surface area contributed by atoms with Crippen LogP contribution in [0.4, 0.5) is 5.82 Å². The highest BCUT2D eigenvalue weighted by Crippen LogP contribution is 2.25. The van der Waals surface area contributed by atoms with Gasteiger partial charge in [-0.2, -0.15) is 4.52 Å². The number of aromatic nitrogens is 4. The predicted molar refractivity (Wildman–Crippen MR) is 95.1 cm³/mol. The van der Waals surface area contributed by atoms with Gasteiger partial charge in [-0.1, -0.05) is 20.3 Å². The van der Waals surface area contributed by atoms with Gasteiger partial charge in [0.25, 0.3) is 0 Å². The summed E-state index contributed by atoms with van der Waals surface area (Å²) in [5, 5.41) is 9.32. The first-order valence-electron chi connectivity index (χ1n) is 8.46. The van der Waals surface area contributed by atoms with Crippen molar-refractivity contribution in [3.63, 3.8) is 0 Å². The van der Waals surface area contributed by atoms with Crippen LogP contribution in [-0.2, 0) is 6.42 Å². The molecule has 0 aliphatic heterocycles. The molecule has 0 amide bonds. The van der Waals surface area contributed by atoms with E-state index in [1.807, 2.05) is 11.4 Å². The van der Waals surface area contributed by atoms with Crippen molar-refractivity contribution in [2.45, 2.75) is 59.9 Å². The van der Waals surface area contributed by atoms with E-state index in [0.717, 1.165) is 53.1 Å². The molecule has 23 heavy (non-hydrogen) atoms. The van der Waals surface area contributed by atoms with E-state index in [9.17, 15) is 0 Å². The quantitative estimate of drug-likeness (QED) is 0.772. The fourth-order valence-electron chi connectivity index (χ4n) is 2.91. The van der Waals surface area contributed by atoms with Crippen LogP contribution >= 0.6 is 0 Å². The molecular formula is C18H25N5. The summed E-state index contributed by atoms with van der Waals surface area (Å²) in [5.41, 5.74) is 4.95. The first kappa shape index (κ1) is 15.7. The molecule has 0 bridgehead atoms. The molecule has 0 saturated heterocycles. The van der Waals surface area contributed by atoms with Crippen LogP contribution in [0.3, 0.4) is 0 Å². The summed E-state index contributed by atoms with van der Waals surface area (Å²) < 4.78 is 1.91. The minimum atomic E-state index is 0.387. The lowest BCUT2D eigenvalue weighted by molar-refractivity contribution is 0.746. The van der Waals surface area contributed by atoms with Gasteiger partial charge in [0.05, 0.1) is 5.39 Å². The van der Waals surface area contributed by atoms with Crippen LogP contribution in [0.5, 0.6) is 0 Å². The van der Waals surface area contributed by atoms with Crippen molar-refractivity contribution in [3.05, 3.63) is 29.1 Å². The third-order valence-corrected chi connectivity index (χ3v) is 4.24. The summed E-state index contributed by atoms with van der Waals surface area (Å²) in [7, 11) is 0. The smallest absolute Gasteiger partial charge is 0.184 e. The minimum Gasteiger partial charge on any atom is -0.367 e. The second kappa shape index (κ2) is 6.14. The maximum atomic E-state index is 4.86. The van der Waals surface area contributed by atoms with E-state index in [1.54, 1.807) is 0 Å². The molecule has 0 radical (unpaired) electrons. The first-order chi connectivity index (χ1) is 11.0. The summed E-state index contributed by atoms with van der Waals surface area (Å²) in [6.45, 7) is 10.7. The number of nitrogens with zero attached hydrogens (tertiary/aromatic N) is 4. The topological polar surface area (TPSA) is 55.1 Å². The molecule has 122 valence electrons. The van der Waals surface area contributed by atoms with Crippen molar-refractivity contribution in [1.29, 1.82) is 0 Å². The standard InChI is InChI=1S/C18H25N5/c1-6-8-14-10-15(19-12(4)7-2)23-18(21-14)16-11(3)9-13(5)20-17(16)22-23/h9-10,12,19H,6-8H2,1-5H3. The van der Waals surface area contributed by atoms with Crippen molar-refractivity contribution in [3.8, 4) is 0 Å². The monoisotopic (exact) mass is 311 g/mol. The number of fused-ring (bicyclic) bond motifs is 3. The molecule has 0 saturated carbocycles. The average Bonchev–Trinajstić information content (AvgIpc) is 2.86. The van der Waals surface area contributed by atoms with Crippen LogP contribution < -0.4 is 5.32 Å². The maximum absolute atomic E-state index is 4.86. The zero-order chi connectivity index (χ0) is 16.6. The largest absolute Gasteiger partial charge is 0.367 e. The summed E-state index contributed by atoms with van der Waals surface area (Å²) in [6, 6.07) is 4.61. The molecule has 0 spiro atoms. The van der Waals surface area contributed by atoms with Crippen molar-refractivity contribution >= 4 is 22.5 Å². The molecule has 1 N–H and O–H groups in total. The highest BCUT2D eigenvalue weighted by molar-refractivity contribution is 5.93. The number of pyridine rings is 1. The molecule has 3 aromatic heterocycles. The maximum Gasteiger partial charge on any atom is 0.184 e. The summed E-state index contributed by atoms with van der Waals surface area (Å²) in [5.74, 6) is 1.00. The Labute approximate surface area is 137 Å². The molecule has 5 heteroatoms. The normalized spacial score (nSPS) is 12.9. The molecule has 0 aliphatic rings. The second-order valence-electron chi connectivity index (χ2n) is 6.35. The van der Waals surface area contributed by atoms with Crippen LogP contribution in [0, 0.1) is 13.8 Å². The molecule has 3 heterocycles. The van der Waals surface area contributed by atoms with E-state index in [1.165, 1.54) is 5.56 Å². The molecule has 3 rings (SSSR count). The average molecular weight is 311 g/mol. The summed E-state index contributed by atoms with van der Waals surface area (Å²) in [4.78, 5) is 9.45. The Balaban J connectivity index is 2.30. The van der Waals surface area contributed by atoms with Gasteiger partial charge in [0.1, 0.15) is 5.82 Å². The fourth-order valence-corrected chi connectivity index (χ4v) is 2.91. The number of nitrogens with one attached hydrogen (secondary N) is 1. The molecule has 0 aliphatic carbocycles. The van der Waals surface area contributed by atoms with Gasteiger partial charge in [-0.3, -0.25) is 0 Å². The van der Waals surface area contributed by atoms with Gasteiger partial charge in [-0.15, -0.1) is 5.10 Å². The Bertz CT molecular complexity index is 850. The molecule has 1 unspecified atom stereocenters. The van der Waals surface area contributed by atoms with E-state index < -0.39 is 0 Å². The number of hydrogen-bond donors (Lipinski definition) is 1. The van der Waals surface area contributed by atoms with Gasteiger partial charge >= 0.3 is 0 Å². The molecule has 0 aromatic carbocycles. The molecule has 0 fully saturated rings. The van der Waals surface area contributed by atoms with Crippen molar-refractivity contribution in [1.82, 2.24) is 19.6 Å². The van der Waals surface area contributed by atoms with Crippen LogP contribution in [-0.4, -0.2) is 25.6 Å². The van der Waals surface area contributed by atoms with Crippen molar-refractivity contribution in [2.75, 3.05) is 5.32 Å². The summed E-state index contributed by atoms with van der Waals surface area (Å²) >= 11 is 0. The minimum absolute atomic E-state index is 0.387. The second-order valence-corrected chi connectivity index (χ2v) is 6.35. The highest BCUT2D eigenvalue weighted by Gasteiger charge is 2.15. The van der Waals surface area contributed by atoms with E-state index >= 15 is 0 Å². The summed E-state index contributed by atoms with van der Waals surface area (Å²) in [6.07, 6.45) is 3.11. The van der Waals surface area contributed by atoms with Crippen LogP contribution in [0.15, 0.2) is 12.1 Å². The Kier molecular flexibility index (Phi) is 4.20. The van der Waals surface area contributed by atoms with Crippen LogP contribution in [0.25, 0.3) is 16.7 Å². The lowest BCUT2D eigenvalue weighted by atomic mass is 10.1. The van der Waals surface area contributed by atoms with E-state index in [0.29, 0.717) is 6.04 Å². The predicted octanol–water partition coefficient (Wildman–Crippen LogP) is 4.06. The van der Waals surface area contributed by atoms with Crippen molar-refractivity contribution in [2.24, 2.45) is 0 Å². The number of anilines is 1. The van der Waals surface area contributed by atoms with Gasteiger partial charge in [0.2, 0.25) is 0 Å². The molecular weight excluding hydrogens is 286 g/mol. The number of hydrogen-bond acceptors (Lipinski definition) is 4. The van der Waals surface area contributed by atoms with E-state index in [-0.39, 0.29) is 0 Å². The van der Waals surface area contributed by atoms with Crippen LogP contribution in [0.2, 0.25) is 0 Å². The Morgan fingerprint density at radius 2 is 1.96 bits per heavy atom. The number of aryl methyl sites for hydroxylation is 3. The number of rotatable bonds is 5. The lowest BCUT2D eigenvalue weighted by Gasteiger charge is -2.15. The van der Waals surface area contributed by atoms with Crippen molar-refractivity contribution < 1.29 is 0 Å². The zero-order valence-electron chi connectivity index (χ0n) is 14.6. The molecule has 1 atom stereocenters. The highest BCUT2D eigenvalue weighted by atomic mass is 15.3. The van der Waals surface area contributed by atoms with Gasteiger partial charge in [-0.05, 0) is 45.2 Å². The Morgan fingerprint density at radius 3 is 2.65 bits per heavy atom. The van der Waals surface area contributed by atoms with Crippen LogP contribution in [0.1, 0.15) is 50.6 Å². The third kappa shape index (κ3) is 2.87. The van der Waals surface area contributed by atoms with Gasteiger partial charge < -0.3 is 5.32 Å². The molecule has 5 nitrogen and oxygen atoms in total. The Hall–Kier alpha value is -2.17. The molecule has 3 aromatic rings. The Morgan fingerprint density at radius 1 is 1.17 bits per heavy atom. The zero-order valence-corrected chi connectivity index (χ0v) is 14.6. The fraction of sp³-hybridized carbons (Fsp3) is 0.500. The first-order valence-corrected chi connectivity index (χ1v) is 8.46. The lowest BCUT2D eigenvalue weighted by Crippen LogP contribution is -2.17. The van der Waals surface area contributed by atoms with Gasteiger partial charge in [-0.25, -0.2) is 9.97 Å². The third-order valence-electron chi connectivity index (χ3n) is 4.24. The van der Waals surface area contributed by atoms with E-state index in [4.69, 9.17) is 10.1 Å². The van der Waals surface area contributed by atoms with E-state index in [2.05, 4.69) is 50.1 Å². The SMILES string of the molecule is CCCc1cc(NC(C)CC)n2nc3nc(C)cc(C)c3c2n1. The van der Waals surface area contributed by atoms with Gasteiger partial charge in [0, 0.05) is 23.5 Å².